The van der Waals surface area contributed by atoms with Crippen LogP contribution in [0.2, 0.25) is 0 Å². The van der Waals surface area contributed by atoms with E-state index in [0.29, 0.717) is 0 Å². The Kier molecular flexibility index (Phi) is 2.11. The first kappa shape index (κ1) is 6.87. The molecule has 0 saturated carbocycles. The number of hydrogen-bond acceptors (Lipinski definition) is 1. The van der Waals surface area contributed by atoms with Gasteiger partial charge in [0.2, 0.25) is 0 Å². The van der Waals surface area contributed by atoms with Crippen LogP contribution in [0.15, 0.2) is 36.4 Å². The Morgan fingerprint density at radius 1 is 1.30 bits per heavy atom. The second-order valence-electron chi connectivity index (χ2n) is 2.11. The topological polar surface area (TPSA) is 26.0 Å². The molecular formula is C9H11N. The van der Waals surface area contributed by atoms with Crippen LogP contribution in [0.25, 0.3) is 5.70 Å². The van der Waals surface area contributed by atoms with Gasteiger partial charge < -0.3 is 5.73 Å². The Bertz CT molecular complexity index is 224. The molecule has 0 bridgehead atoms. The van der Waals surface area contributed by atoms with Gasteiger partial charge in [0.1, 0.15) is 0 Å². The molecule has 0 spiro atoms. The molecule has 0 aliphatic rings. The number of rotatable bonds is 1. The molecule has 0 heterocycles. The van der Waals surface area contributed by atoms with Gasteiger partial charge in [-0.25, -0.2) is 0 Å². The third-order valence-electron chi connectivity index (χ3n) is 1.42. The van der Waals surface area contributed by atoms with E-state index in [1.54, 1.807) is 0 Å². The summed E-state index contributed by atoms with van der Waals surface area (Å²) in [6.07, 6.45) is 1.90. The van der Waals surface area contributed by atoms with Crippen molar-refractivity contribution in [3.8, 4) is 0 Å². The van der Waals surface area contributed by atoms with E-state index in [-0.39, 0.29) is 0 Å². The predicted octanol–water partition coefficient (Wildman–Crippen LogP) is 2.01. The first-order valence-corrected chi connectivity index (χ1v) is 3.32. The van der Waals surface area contributed by atoms with Crippen molar-refractivity contribution in [1.82, 2.24) is 0 Å². The number of hydrogen-bond donors (Lipinski definition) is 1. The first-order chi connectivity index (χ1) is 4.84. The van der Waals surface area contributed by atoms with Gasteiger partial charge in [0.25, 0.3) is 0 Å². The van der Waals surface area contributed by atoms with Gasteiger partial charge in [-0.1, -0.05) is 36.4 Å². The van der Waals surface area contributed by atoms with Crippen LogP contribution in [0, 0.1) is 0 Å². The van der Waals surface area contributed by atoms with Crippen LogP contribution in [0.5, 0.6) is 0 Å². The lowest BCUT2D eigenvalue weighted by molar-refractivity contribution is 1.49. The van der Waals surface area contributed by atoms with E-state index in [4.69, 9.17) is 5.73 Å². The summed E-state index contributed by atoms with van der Waals surface area (Å²) in [5.41, 5.74) is 7.58. The largest absolute Gasteiger partial charge is 0.399 e. The first-order valence-electron chi connectivity index (χ1n) is 3.32. The molecule has 52 valence electrons. The second kappa shape index (κ2) is 3.06. The highest BCUT2D eigenvalue weighted by Crippen LogP contribution is 2.06. The standard InChI is InChI=1S/C9H11N/c1-2-9(10)8-6-4-3-5-7-8/h2-7H,10H2,1H3/b9-2-. The molecule has 0 aliphatic heterocycles. The lowest BCUT2D eigenvalue weighted by atomic mass is 10.2. The summed E-state index contributed by atoms with van der Waals surface area (Å²) in [5, 5.41) is 0. The fourth-order valence-electron chi connectivity index (χ4n) is 0.797. The molecule has 1 nitrogen and oxygen atoms in total. The van der Waals surface area contributed by atoms with Crippen molar-refractivity contribution in [3.05, 3.63) is 42.0 Å². The van der Waals surface area contributed by atoms with Crippen molar-refractivity contribution in [1.29, 1.82) is 0 Å². The van der Waals surface area contributed by atoms with Crippen molar-refractivity contribution in [2.45, 2.75) is 6.92 Å². The normalized spacial score (nSPS) is 11.5. The summed E-state index contributed by atoms with van der Waals surface area (Å²) >= 11 is 0. The molecule has 1 rings (SSSR count). The van der Waals surface area contributed by atoms with Crippen molar-refractivity contribution in [2.24, 2.45) is 5.73 Å². The maximum atomic E-state index is 5.66. The van der Waals surface area contributed by atoms with Crippen LogP contribution in [0.3, 0.4) is 0 Å². The summed E-state index contributed by atoms with van der Waals surface area (Å²) in [4.78, 5) is 0. The van der Waals surface area contributed by atoms with Gasteiger partial charge in [0.05, 0.1) is 0 Å². The molecule has 0 aromatic heterocycles. The lowest BCUT2D eigenvalue weighted by Gasteiger charge is -1.97. The smallest absolute Gasteiger partial charge is 0.0344 e. The second-order valence-corrected chi connectivity index (χ2v) is 2.11. The third kappa shape index (κ3) is 1.38. The van der Waals surface area contributed by atoms with E-state index in [9.17, 15) is 0 Å². The SMILES string of the molecule is C/C=C(\N)c1ccccc1. The number of nitrogens with two attached hydrogens (primary N) is 1. The zero-order valence-electron chi connectivity index (χ0n) is 6.04. The van der Waals surface area contributed by atoms with E-state index < -0.39 is 0 Å². The summed E-state index contributed by atoms with van der Waals surface area (Å²) in [6.45, 7) is 1.93. The Morgan fingerprint density at radius 2 is 1.90 bits per heavy atom. The molecule has 0 aliphatic carbocycles. The Morgan fingerprint density at radius 3 is 2.40 bits per heavy atom. The van der Waals surface area contributed by atoms with Crippen molar-refractivity contribution in [3.63, 3.8) is 0 Å². The number of allylic oxidation sites excluding steroid dienone is 1. The highest BCUT2D eigenvalue weighted by Gasteiger charge is 1.89. The van der Waals surface area contributed by atoms with E-state index in [1.807, 2.05) is 43.3 Å². The van der Waals surface area contributed by atoms with Gasteiger partial charge in [-0.2, -0.15) is 0 Å². The molecule has 10 heavy (non-hydrogen) atoms. The highest BCUT2D eigenvalue weighted by molar-refractivity contribution is 5.61. The van der Waals surface area contributed by atoms with Crippen LogP contribution < -0.4 is 5.73 Å². The number of benzene rings is 1. The molecule has 1 aromatic carbocycles. The molecule has 1 aromatic rings. The van der Waals surface area contributed by atoms with E-state index in [0.717, 1.165) is 11.3 Å². The minimum Gasteiger partial charge on any atom is -0.399 e. The van der Waals surface area contributed by atoms with Crippen LogP contribution in [-0.4, -0.2) is 0 Å². The maximum Gasteiger partial charge on any atom is 0.0344 e. The highest BCUT2D eigenvalue weighted by atomic mass is 14.6. The molecular weight excluding hydrogens is 122 g/mol. The van der Waals surface area contributed by atoms with Crippen LogP contribution in [0.4, 0.5) is 0 Å². The third-order valence-corrected chi connectivity index (χ3v) is 1.42. The maximum absolute atomic E-state index is 5.66. The van der Waals surface area contributed by atoms with E-state index in [1.165, 1.54) is 0 Å². The Hall–Kier alpha value is -1.24. The van der Waals surface area contributed by atoms with Gasteiger partial charge in [0, 0.05) is 5.70 Å². The van der Waals surface area contributed by atoms with Gasteiger partial charge >= 0.3 is 0 Å². The molecule has 0 radical (unpaired) electrons. The van der Waals surface area contributed by atoms with Crippen LogP contribution in [0.1, 0.15) is 12.5 Å². The minimum absolute atomic E-state index is 0.834. The summed E-state index contributed by atoms with van der Waals surface area (Å²) in [5.74, 6) is 0. The average molecular weight is 133 g/mol. The average Bonchev–Trinajstić information content (AvgIpc) is 2.05. The summed E-state index contributed by atoms with van der Waals surface area (Å²) in [7, 11) is 0. The molecule has 1 heteroatoms. The minimum atomic E-state index is 0.834. The van der Waals surface area contributed by atoms with E-state index in [2.05, 4.69) is 0 Å². The molecule has 0 fully saturated rings. The summed E-state index contributed by atoms with van der Waals surface area (Å²) in [6, 6.07) is 9.93. The van der Waals surface area contributed by atoms with E-state index >= 15 is 0 Å². The molecule has 2 N–H and O–H groups in total. The zero-order valence-corrected chi connectivity index (χ0v) is 6.04. The predicted molar refractivity (Wildman–Crippen MR) is 44.3 cm³/mol. The van der Waals surface area contributed by atoms with Crippen molar-refractivity contribution in [2.75, 3.05) is 0 Å². The zero-order chi connectivity index (χ0) is 7.40. The fourth-order valence-corrected chi connectivity index (χ4v) is 0.797. The molecule has 0 amide bonds. The monoisotopic (exact) mass is 133 g/mol. The van der Waals surface area contributed by atoms with Gasteiger partial charge in [-0.3, -0.25) is 0 Å². The Balaban J connectivity index is 2.96. The molecule has 0 atom stereocenters. The van der Waals surface area contributed by atoms with Gasteiger partial charge in [-0.05, 0) is 12.5 Å². The Labute approximate surface area is 61.2 Å². The lowest BCUT2D eigenvalue weighted by Crippen LogP contribution is -1.93. The van der Waals surface area contributed by atoms with Crippen molar-refractivity contribution < 1.29 is 0 Å². The van der Waals surface area contributed by atoms with Gasteiger partial charge in [0.15, 0.2) is 0 Å². The summed E-state index contributed by atoms with van der Waals surface area (Å²) < 4.78 is 0. The van der Waals surface area contributed by atoms with Crippen LogP contribution in [-0.2, 0) is 0 Å². The van der Waals surface area contributed by atoms with Gasteiger partial charge in [-0.15, -0.1) is 0 Å². The molecule has 0 unspecified atom stereocenters. The quantitative estimate of drug-likeness (QED) is 0.623. The fraction of sp³-hybridized carbons (Fsp3) is 0.111. The van der Waals surface area contributed by atoms with Crippen LogP contribution >= 0.6 is 0 Å². The van der Waals surface area contributed by atoms with Crippen molar-refractivity contribution >= 4 is 5.70 Å². The molecule has 0 saturated heterocycles.